The second-order valence-electron chi connectivity index (χ2n) is 9.13. The number of esters is 2. The van der Waals surface area contributed by atoms with Gasteiger partial charge in [0.2, 0.25) is 0 Å². The van der Waals surface area contributed by atoms with Gasteiger partial charge in [-0.05, 0) is 0 Å². The lowest BCUT2D eigenvalue weighted by Crippen LogP contribution is -2.54. The number of carbonyl (C=O) groups excluding carboxylic acids is 2. The van der Waals surface area contributed by atoms with Crippen LogP contribution < -0.4 is 10.4 Å². The van der Waals surface area contributed by atoms with Crippen molar-refractivity contribution in [1.82, 2.24) is 0 Å². The molecule has 0 unspecified atom stereocenters. The fourth-order valence-electron chi connectivity index (χ4n) is 3.98. The molecule has 0 fully saturated rings. The first-order valence-corrected chi connectivity index (χ1v) is 16.7. The second kappa shape index (κ2) is 10.2. The maximum absolute atomic E-state index is 13.1. The van der Waals surface area contributed by atoms with Crippen molar-refractivity contribution < 1.29 is 45.4 Å². The molecule has 196 valence electrons. The van der Waals surface area contributed by atoms with E-state index in [-0.39, 0.29) is 10.4 Å². The zero-order chi connectivity index (χ0) is 27.7. The molecule has 36 heavy (non-hydrogen) atoms. The highest BCUT2D eigenvalue weighted by Crippen LogP contribution is 2.32. The van der Waals surface area contributed by atoms with E-state index in [1.54, 1.807) is 26.2 Å². The van der Waals surface area contributed by atoms with Gasteiger partial charge in [0.1, 0.15) is 16.1 Å². The van der Waals surface area contributed by atoms with E-state index in [1.807, 2.05) is 0 Å². The zero-order valence-corrected chi connectivity index (χ0v) is 22.5. The number of ether oxygens (including phenoxy) is 2. The van der Waals surface area contributed by atoms with Crippen LogP contribution in [0.4, 0.5) is 26.3 Å². The maximum Gasteiger partial charge on any atom is 0.416 e. The molecular weight excluding hydrogens is 522 g/mol. The van der Waals surface area contributed by atoms with Gasteiger partial charge in [0.05, 0.1) is 25.3 Å². The summed E-state index contributed by atoms with van der Waals surface area (Å²) in [5.74, 6) is -1.70. The predicted octanol–water partition coefficient (Wildman–Crippen LogP) is 4.98. The summed E-state index contributed by atoms with van der Waals surface area (Å²) >= 11 is 0. The van der Waals surface area contributed by atoms with Crippen LogP contribution >= 0.6 is 0 Å². The van der Waals surface area contributed by atoms with E-state index in [9.17, 15) is 35.9 Å². The summed E-state index contributed by atoms with van der Waals surface area (Å²) in [5.41, 5.74) is -1.74. The molecule has 0 aliphatic heterocycles. The first kappa shape index (κ1) is 29.4. The van der Waals surface area contributed by atoms with Crippen molar-refractivity contribution in [2.75, 3.05) is 14.2 Å². The van der Waals surface area contributed by atoms with Crippen LogP contribution in [0.3, 0.4) is 0 Å². The zero-order valence-electron chi connectivity index (χ0n) is 20.5. The van der Waals surface area contributed by atoms with Gasteiger partial charge in [0, 0.05) is 10.4 Å². The van der Waals surface area contributed by atoms with Crippen LogP contribution in [0.1, 0.15) is 11.1 Å². The first-order valence-electron chi connectivity index (χ1n) is 10.7. The highest BCUT2D eigenvalue weighted by atomic mass is 28.3. The molecule has 2 aromatic rings. The minimum Gasteiger partial charge on any atom is -0.466 e. The van der Waals surface area contributed by atoms with Gasteiger partial charge in [-0.3, -0.25) is 0 Å². The van der Waals surface area contributed by atoms with Crippen LogP contribution in [0, 0.1) is 0 Å². The largest absolute Gasteiger partial charge is 0.466 e. The molecule has 0 aliphatic carbocycles. The molecular formula is C24H26F6O4Si2. The molecule has 12 heteroatoms. The lowest BCUT2D eigenvalue weighted by molar-refractivity contribution is -0.138. The molecule has 2 rings (SSSR count). The fraction of sp³-hybridized carbons (Fsp3) is 0.333. The maximum atomic E-state index is 13.1. The Bertz CT molecular complexity index is 1060. The minimum absolute atomic E-state index is 0.00632. The number of halogens is 6. The Labute approximate surface area is 206 Å². The Morgan fingerprint density at radius 2 is 0.833 bits per heavy atom. The molecule has 0 aliphatic rings. The number of benzene rings is 2. The van der Waals surface area contributed by atoms with E-state index in [0.717, 1.165) is 38.5 Å². The summed E-state index contributed by atoms with van der Waals surface area (Å²) in [6.45, 7) is 6.73. The highest BCUT2D eigenvalue weighted by molar-refractivity contribution is 7.05. The van der Waals surface area contributed by atoms with E-state index in [1.165, 1.54) is 24.3 Å². The minimum atomic E-state index is -4.56. The Balaban J connectivity index is 2.83. The summed E-state index contributed by atoms with van der Waals surface area (Å²) in [6.07, 6.45) is -9.11. The monoisotopic (exact) mass is 548 g/mol. The normalized spacial score (nSPS) is 13.7. The second-order valence-corrected chi connectivity index (χ2v) is 17.8. The fourth-order valence-corrected chi connectivity index (χ4v) is 11.1. The molecule has 0 atom stereocenters. The van der Waals surface area contributed by atoms with Gasteiger partial charge in [-0.15, -0.1) is 0 Å². The standard InChI is InChI=1S/C24H26F6O4Si2/c1-33-21(31)19(35(3,4)17-11-7-15(8-12-17)23(25,26)27)20(22(32)34-2)36(5,6)18-13-9-16(10-14-18)24(28,29)30/h7-14H,1-6H3/b20-19+. The average Bonchev–Trinajstić information content (AvgIpc) is 2.80. The number of methoxy groups -OCH3 is 2. The number of hydrogen-bond acceptors (Lipinski definition) is 4. The first-order chi connectivity index (χ1) is 16.4. The predicted molar refractivity (Wildman–Crippen MR) is 128 cm³/mol. The van der Waals surface area contributed by atoms with E-state index < -0.39 is 51.6 Å². The summed E-state index contributed by atoms with van der Waals surface area (Å²) in [6, 6.07) is 8.65. The third kappa shape index (κ3) is 5.92. The molecule has 0 heterocycles. The molecule has 0 saturated carbocycles. The number of hydrogen-bond donors (Lipinski definition) is 0. The van der Waals surface area contributed by atoms with Crippen LogP contribution in [0.25, 0.3) is 0 Å². The van der Waals surface area contributed by atoms with Crippen LogP contribution in [0.5, 0.6) is 0 Å². The highest BCUT2D eigenvalue weighted by Gasteiger charge is 2.45. The number of rotatable bonds is 6. The van der Waals surface area contributed by atoms with Crippen molar-refractivity contribution in [1.29, 1.82) is 0 Å². The Hall–Kier alpha value is -2.87. The number of alkyl halides is 6. The summed E-state index contributed by atoms with van der Waals surface area (Å²) in [7, 11) is -4.19. The summed E-state index contributed by atoms with van der Waals surface area (Å²) in [4.78, 5) is 26.2. The van der Waals surface area contributed by atoms with Gasteiger partial charge < -0.3 is 9.47 Å². The van der Waals surface area contributed by atoms with E-state index in [2.05, 4.69) is 0 Å². The van der Waals surface area contributed by atoms with Crippen LogP contribution in [0.15, 0.2) is 58.9 Å². The molecule has 4 nitrogen and oxygen atoms in total. The van der Waals surface area contributed by atoms with Crippen LogP contribution in [-0.2, 0) is 31.4 Å². The third-order valence-corrected chi connectivity index (χ3v) is 13.4. The van der Waals surface area contributed by atoms with Crippen LogP contribution in [-0.4, -0.2) is 42.3 Å². The van der Waals surface area contributed by atoms with E-state index in [4.69, 9.17) is 9.47 Å². The molecule has 0 saturated heterocycles. The lowest BCUT2D eigenvalue weighted by atomic mass is 10.2. The van der Waals surface area contributed by atoms with Crippen molar-refractivity contribution in [2.45, 2.75) is 38.5 Å². The summed E-state index contributed by atoms with van der Waals surface area (Å²) < 4.78 is 88.5. The Morgan fingerprint density at radius 3 is 1.03 bits per heavy atom. The Morgan fingerprint density at radius 1 is 0.583 bits per heavy atom. The molecule has 0 bridgehead atoms. The van der Waals surface area contributed by atoms with Crippen molar-refractivity contribution in [3.05, 3.63) is 70.1 Å². The lowest BCUT2D eigenvalue weighted by Gasteiger charge is -2.33. The van der Waals surface area contributed by atoms with Gasteiger partial charge in [-0.25, -0.2) is 9.59 Å². The van der Waals surface area contributed by atoms with Gasteiger partial charge in [0.15, 0.2) is 0 Å². The molecule has 0 spiro atoms. The smallest absolute Gasteiger partial charge is 0.416 e. The SMILES string of the molecule is COC(=O)/C(=C(/C(=O)OC)[Si](C)(C)c1ccc(C(F)(F)F)cc1)[Si](C)(C)c1ccc(C(F)(F)F)cc1. The summed E-state index contributed by atoms with van der Waals surface area (Å²) in [5, 5.41) is 0.838. The topological polar surface area (TPSA) is 52.6 Å². The average molecular weight is 549 g/mol. The van der Waals surface area contributed by atoms with Crippen LogP contribution in [0.2, 0.25) is 26.2 Å². The van der Waals surface area contributed by atoms with Crippen molar-refractivity contribution in [3.63, 3.8) is 0 Å². The molecule has 2 aromatic carbocycles. The van der Waals surface area contributed by atoms with E-state index in [0.29, 0.717) is 10.4 Å². The number of carbonyl (C=O) groups is 2. The van der Waals surface area contributed by atoms with Crippen molar-refractivity contribution in [3.8, 4) is 0 Å². The molecule has 0 N–H and O–H groups in total. The van der Waals surface area contributed by atoms with Crippen molar-refractivity contribution in [2.24, 2.45) is 0 Å². The molecule has 0 aromatic heterocycles. The van der Waals surface area contributed by atoms with Crippen molar-refractivity contribution >= 4 is 38.5 Å². The van der Waals surface area contributed by atoms with E-state index >= 15 is 0 Å². The third-order valence-electron chi connectivity index (χ3n) is 6.15. The van der Waals surface area contributed by atoms with Gasteiger partial charge >= 0.3 is 24.3 Å². The van der Waals surface area contributed by atoms with Gasteiger partial charge in [-0.2, -0.15) is 26.3 Å². The van der Waals surface area contributed by atoms with Gasteiger partial charge in [-0.1, -0.05) is 85.1 Å². The van der Waals surface area contributed by atoms with Gasteiger partial charge in [0.25, 0.3) is 0 Å². The Kier molecular flexibility index (Phi) is 8.36. The molecule has 0 amide bonds. The molecule has 0 radical (unpaired) electrons. The quantitative estimate of drug-likeness (QED) is 0.221.